The summed E-state index contributed by atoms with van der Waals surface area (Å²) in [5.74, 6) is 0.523. The largest absolute Gasteiger partial charge is 0.409 e. The van der Waals surface area contributed by atoms with E-state index >= 15 is 0 Å². The smallest absolute Gasteiger partial charge is 0.288 e. The highest BCUT2D eigenvalue weighted by Crippen LogP contribution is 2.19. The molecule has 6 nitrogen and oxygen atoms in total. The third-order valence-corrected chi connectivity index (χ3v) is 3.93. The Kier molecular flexibility index (Phi) is 4.58. The lowest BCUT2D eigenvalue weighted by Crippen LogP contribution is -2.37. The number of rotatable bonds is 6. The van der Waals surface area contributed by atoms with Crippen LogP contribution >= 0.6 is 12.2 Å². The molecule has 1 aliphatic rings. The predicted molar refractivity (Wildman–Crippen MR) is 89.3 cm³/mol. The number of aryl methyl sites for hydroxylation is 1. The van der Waals surface area contributed by atoms with Crippen LogP contribution in [0.5, 0.6) is 0 Å². The first-order valence-electron chi connectivity index (χ1n) is 7.64. The maximum absolute atomic E-state index is 11.8. The topological polar surface area (TPSA) is 63.3 Å². The molecule has 2 aromatic rings. The molecule has 1 aliphatic carbocycles. The number of likely N-dealkylation sites (N-methyl/N-ethyl adjacent to an activating group) is 1. The van der Waals surface area contributed by atoms with E-state index in [0.717, 1.165) is 18.4 Å². The highest BCUT2D eigenvalue weighted by atomic mass is 32.1. The molecule has 0 radical (unpaired) electrons. The summed E-state index contributed by atoms with van der Waals surface area (Å²) in [7, 11) is 1.86. The molecule has 0 unspecified atom stereocenters. The van der Waals surface area contributed by atoms with Crippen molar-refractivity contribution in [2.75, 3.05) is 13.6 Å². The van der Waals surface area contributed by atoms with Crippen LogP contribution in [0.1, 0.15) is 18.4 Å². The Bertz CT molecular complexity index is 746. The quantitative estimate of drug-likeness (QED) is 0.823. The Morgan fingerprint density at radius 3 is 2.78 bits per heavy atom. The lowest BCUT2D eigenvalue weighted by Gasteiger charge is -2.15. The van der Waals surface area contributed by atoms with Gasteiger partial charge in [-0.25, -0.2) is 4.68 Å². The molecule has 7 heteroatoms. The molecule has 0 atom stereocenters. The molecule has 3 rings (SSSR count). The van der Waals surface area contributed by atoms with Crippen molar-refractivity contribution in [3.05, 3.63) is 34.7 Å². The van der Waals surface area contributed by atoms with Gasteiger partial charge in [-0.2, -0.15) is 0 Å². The van der Waals surface area contributed by atoms with Crippen LogP contribution in [-0.2, 0) is 11.5 Å². The molecule has 0 saturated heterocycles. The fraction of sp³-hybridized carbons (Fsp3) is 0.438. The number of amides is 1. The van der Waals surface area contributed by atoms with Crippen molar-refractivity contribution in [1.82, 2.24) is 20.0 Å². The Morgan fingerprint density at radius 1 is 1.43 bits per heavy atom. The first-order chi connectivity index (χ1) is 11.0. The SMILES string of the molecule is Cc1ccc(-c2nn(CN(C)CC(=O)NC3CC3)c(=S)o2)cc1. The Labute approximate surface area is 140 Å². The van der Waals surface area contributed by atoms with Gasteiger partial charge in [0, 0.05) is 11.6 Å². The molecule has 0 spiro atoms. The summed E-state index contributed by atoms with van der Waals surface area (Å²) in [5.41, 5.74) is 2.06. The molecular weight excluding hydrogens is 312 g/mol. The van der Waals surface area contributed by atoms with Crippen LogP contribution in [0.3, 0.4) is 0 Å². The fourth-order valence-electron chi connectivity index (χ4n) is 2.23. The molecule has 122 valence electrons. The molecule has 1 amide bonds. The minimum absolute atomic E-state index is 0.0313. The summed E-state index contributed by atoms with van der Waals surface area (Å²) in [6, 6.07) is 8.28. The van der Waals surface area contributed by atoms with Gasteiger partial charge in [-0.15, -0.1) is 5.10 Å². The molecule has 1 N–H and O–H groups in total. The zero-order valence-electron chi connectivity index (χ0n) is 13.3. The average molecular weight is 332 g/mol. The molecule has 1 fully saturated rings. The minimum atomic E-state index is 0.0313. The number of carbonyl (C=O) groups is 1. The van der Waals surface area contributed by atoms with E-state index in [9.17, 15) is 4.79 Å². The summed E-state index contributed by atoms with van der Waals surface area (Å²) < 4.78 is 7.15. The molecular formula is C16H20N4O2S. The van der Waals surface area contributed by atoms with Gasteiger partial charge in [0.2, 0.25) is 11.8 Å². The first kappa shape index (κ1) is 15.9. The van der Waals surface area contributed by atoms with E-state index in [1.165, 1.54) is 5.56 Å². The van der Waals surface area contributed by atoms with E-state index < -0.39 is 0 Å². The predicted octanol–water partition coefficient (Wildman–Crippen LogP) is 2.35. The van der Waals surface area contributed by atoms with Crippen molar-refractivity contribution in [2.45, 2.75) is 32.5 Å². The van der Waals surface area contributed by atoms with Crippen LogP contribution in [0.2, 0.25) is 0 Å². The van der Waals surface area contributed by atoms with Crippen LogP contribution < -0.4 is 5.32 Å². The highest BCUT2D eigenvalue weighted by molar-refractivity contribution is 7.71. The van der Waals surface area contributed by atoms with Gasteiger partial charge in [-0.3, -0.25) is 9.69 Å². The summed E-state index contributed by atoms with van der Waals surface area (Å²) in [6.45, 7) is 2.75. The second kappa shape index (κ2) is 6.64. The molecule has 1 saturated carbocycles. The number of benzene rings is 1. The van der Waals surface area contributed by atoms with Gasteiger partial charge in [0.15, 0.2) is 0 Å². The van der Waals surface area contributed by atoms with Crippen LogP contribution in [0, 0.1) is 11.8 Å². The average Bonchev–Trinajstić information content (AvgIpc) is 3.23. The number of hydrogen-bond donors (Lipinski definition) is 1. The van der Waals surface area contributed by atoms with E-state index in [1.807, 2.05) is 43.1 Å². The molecule has 1 heterocycles. The fourth-order valence-corrected chi connectivity index (χ4v) is 2.41. The third-order valence-electron chi connectivity index (χ3n) is 3.64. The molecule has 1 aromatic heterocycles. The number of carbonyl (C=O) groups excluding carboxylic acids is 1. The van der Waals surface area contributed by atoms with E-state index in [-0.39, 0.29) is 5.91 Å². The third kappa shape index (κ3) is 4.27. The van der Waals surface area contributed by atoms with E-state index in [4.69, 9.17) is 16.6 Å². The molecule has 0 aliphatic heterocycles. The van der Waals surface area contributed by atoms with Crippen molar-refractivity contribution >= 4 is 18.1 Å². The zero-order chi connectivity index (χ0) is 16.4. The number of aromatic nitrogens is 2. The zero-order valence-corrected chi connectivity index (χ0v) is 14.1. The van der Waals surface area contributed by atoms with Crippen LogP contribution in [0.25, 0.3) is 11.5 Å². The maximum Gasteiger partial charge on any atom is 0.288 e. The van der Waals surface area contributed by atoms with Gasteiger partial charge in [0.1, 0.15) is 0 Å². The van der Waals surface area contributed by atoms with Crippen molar-refractivity contribution in [1.29, 1.82) is 0 Å². The second-order valence-corrected chi connectivity index (χ2v) is 6.39. The number of nitrogens with zero attached hydrogens (tertiary/aromatic N) is 3. The monoisotopic (exact) mass is 332 g/mol. The van der Waals surface area contributed by atoms with Gasteiger partial charge >= 0.3 is 0 Å². The lowest BCUT2D eigenvalue weighted by molar-refractivity contribution is -0.122. The van der Waals surface area contributed by atoms with Crippen LogP contribution in [-0.4, -0.2) is 40.2 Å². The van der Waals surface area contributed by atoms with Crippen LogP contribution in [0.4, 0.5) is 0 Å². The van der Waals surface area contributed by atoms with Crippen molar-refractivity contribution < 1.29 is 9.21 Å². The van der Waals surface area contributed by atoms with E-state index in [0.29, 0.717) is 30.0 Å². The van der Waals surface area contributed by atoms with Gasteiger partial charge in [0.05, 0.1) is 13.2 Å². The second-order valence-electron chi connectivity index (χ2n) is 6.04. The molecule has 0 bridgehead atoms. The van der Waals surface area contributed by atoms with E-state index in [2.05, 4.69) is 10.4 Å². The standard InChI is InChI=1S/C16H20N4O2S/c1-11-3-5-12(6-4-11)15-18-20(16(23)22-15)10-19(2)9-14(21)17-13-7-8-13/h3-6,13H,7-10H2,1-2H3,(H,17,21). The van der Waals surface area contributed by atoms with Crippen molar-refractivity contribution in [3.63, 3.8) is 0 Å². The normalized spacial score (nSPS) is 14.2. The maximum atomic E-state index is 11.8. The van der Waals surface area contributed by atoms with Gasteiger partial charge in [-0.05, 0) is 51.2 Å². The van der Waals surface area contributed by atoms with Gasteiger partial charge in [0.25, 0.3) is 4.84 Å². The Morgan fingerprint density at radius 2 is 2.13 bits per heavy atom. The Balaban J connectivity index is 1.64. The Hall–Kier alpha value is -1.99. The van der Waals surface area contributed by atoms with Crippen molar-refractivity contribution in [3.8, 4) is 11.5 Å². The lowest BCUT2D eigenvalue weighted by atomic mass is 10.1. The van der Waals surface area contributed by atoms with E-state index in [1.54, 1.807) is 4.68 Å². The number of hydrogen-bond acceptors (Lipinski definition) is 5. The number of nitrogens with one attached hydrogen (secondary N) is 1. The molecule has 1 aromatic carbocycles. The molecule has 23 heavy (non-hydrogen) atoms. The van der Waals surface area contributed by atoms with Gasteiger partial charge in [-0.1, -0.05) is 17.7 Å². The van der Waals surface area contributed by atoms with Crippen molar-refractivity contribution in [2.24, 2.45) is 0 Å². The summed E-state index contributed by atoms with van der Waals surface area (Å²) >= 11 is 5.22. The highest BCUT2D eigenvalue weighted by Gasteiger charge is 2.23. The first-order valence-corrected chi connectivity index (χ1v) is 8.05. The van der Waals surface area contributed by atoms with Crippen LogP contribution in [0.15, 0.2) is 28.7 Å². The summed E-state index contributed by atoms with van der Waals surface area (Å²) in [6.07, 6.45) is 2.17. The summed E-state index contributed by atoms with van der Waals surface area (Å²) in [4.78, 5) is 14.0. The summed E-state index contributed by atoms with van der Waals surface area (Å²) in [5, 5.41) is 7.36. The minimum Gasteiger partial charge on any atom is -0.409 e. The van der Waals surface area contributed by atoms with Gasteiger partial charge < -0.3 is 9.73 Å².